The van der Waals surface area contributed by atoms with Crippen molar-refractivity contribution in [1.82, 2.24) is 4.98 Å². The van der Waals surface area contributed by atoms with E-state index in [2.05, 4.69) is 10.3 Å². The Kier molecular flexibility index (Phi) is 4.91. The number of amides is 1. The first-order chi connectivity index (χ1) is 11.7. The van der Waals surface area contributed by atoms with E-state index in [0.717, 1.165) is 21.0 Å². The van der Waals surface area contributed by atoms with Crippen LogP contribution in [0.4, 0.5) is 5.69 Å². The van der Waals surface area contributed by atoms with E-state index < -0.39 is 0 Å². The van der Waals surface area contributed by atoms with Crippen molar-refractivity contribution in [3.05, 3.63) is 65.2 Å². The second-order valence-electron chi connectivity index (χ2n) is 5.28. The normalized spacial score (nSPS) is 11.1. The summed E-state index contributed by atoms with van der Waals surface area (Å²) in [6.07, 6.45) is 3.86. The zero-order valence-corrected chi connectivity index (χ0v) is 14.4. The monoisotopic (exact) mass is 338 g/mol. The molecule has 1 amide bonds. The number of aryl methyl sites for hydroxylation is 1. The molecule has 0 atom stereocenters. The molecule has 0 radical (unpaired) electrons. The van der Waals surface area contributed by atoms with E-state index >= 15 is 0 Å². The Balaban J connectivity index is 1.74. The average Bonchev–Trinajstić information content (AvgIpc) is 2.94. The predicted octanol–water partition coefficient (Wildman–Crippen LogP) is 4.81. The molecule has 0 aliphatic rings. The largest absolute Gasteiger partial charge is 0.489 e. The summed E-state index contributed by atoms with van der Waals surface area (Å²) >= 11 is 1.59. The van der Waals surface area contributed by atoms with E-state index in [-0.39, 0.29) is 5.91 Å². The molecule has 122 valence electrons. The zero-order valence-electron chi connectivity index (χ0n) is 13.6. The molecule has 0 unspecified atom stereocenters. The molecule has 0 aliphatic carbocycles. The maximum atomic E-state index is 12.5. The molecule has 0 aliphatic heterocycles. The molecule has 0 bridgehead atoms. The first-order valence-electron chi connectivity index (χ1n) is 7.68. The van der Waals surface area contributed by atoms with Gasteiger partial charge in [0.25, 0.3) is 5.91 Å². The lowest BCUT2D eigenvalue weighted by Crippen LogP contribution is -2.11. The third-order valence-corrected chi connectivity index (χ3v) is 4.36. The van der Waals surface area contributed by atoms with Gasteiger partial charge in [0.2, 0.25) is 0 Å². The Morgan fingerprint density at radius 2 is 2.17 bits per heavy atom. The number of rotatable bonds is 5. The molecule has 2 aromatic carbocycles. The summed E-state index contributed by atoms with van der Waals surface area (Å²) in [5, 5.41) is 3.90. The Morgan fingerprint density at radius 1 is 1.29 bits per heavy atom. The fourth-order valence-corrected chi connectivity index (χ4v) is 3.15. The predicted molar refractivity (Wildman–Crippen MR) is 99.1 cm³/mol. The highest BCUT2D eigenvalue weighted by Crippen LogP contribution is 2.23. The van der Waals surface area contributed by atoms with Gasteiger partial charge in [0.15, 0.2) is 0 Å². The minimum absolute atomic E-state index is 0.145. The van der Waals surface area contributed by atoms with Crippen molar-refractivity contribution in [2.45, 2.75) is 13.8 Å². The molecule has 0 spiro atoms. The highest BCUT2D eigenvalue weighted by molar-refractivity contribution is 7.18. The molecule has 1 heterocycles. The Morgan fingerprint density at radius 3 is 3.00 bits per heavy atom. The SMILES string of the molecule is CC=CCOc1cccc(NC(=O)c2ccc3nc(C)sc3c2)c1. The topological polar surface area (TPSA) is 51.2 Å². The van der Waals surface area contributed by atoms with Crippen molar-refractivity contribution in [2.24, 2.45) is 0 Å². The van der Waals surface area contributed by atoms with Crippen molar-refractivity contribution < 1.29 is 9.53 Å². The number of hydrogen-bond donors (Lipinski definition) is 1. The van der Waals surface area contributed by atoms with Gasteiger partial charge in [-0.2, -0.15) is 0 Å². The highest BCUT2D eigenvalue weighted by Gasteiger charge is 2.09. The van der Waals surface area contributed by atoms with E-state index in [4.69, 9.17) is 4.74 Å². The van der Waals surface area contributed by atoms with Crippen molar-refractivity contribution in [3.63, 3.8) is 0 Å². The van der Waals surface area contributed by atoms with E-state index in [9.17, 15) is 4.79 Å². The van der Waals surface area contributed by atoms with Gasteiger partial charge in [-0.05, 0) is 44.2 Å². The molecule has 0 saturated heterocycles. The lowest BCUT2D eigenvalue weighted by Gasteiger charge is -2.08. The number of anilines is 1. The average molecular weight is 338 g/mol. The summed E-state index contributed by atoms with van der Waals surface area (Å²) in [5.41, 5.74) is 2.25. The maximum absolute atomic E-state index is 12.5. The van der Waals surface area contributed by atoms with Crippen LogP contribution in [0.3, 0.4) is 0 Å². The highest BCUT2D eigenvalue weighted by atomic mass is 32.1. The van der Waals surface area contributed by atoms with Gasteiger partial charge in [-0.25, -0.2) is 4.98 Å². The van der Waals surface area contributed by atoms with Crippen LogP contribution in [0.5, 0.6) is 5.75 Å². The van der Waals surface area contributed by atoms with Gasteiger partial charge in [-0.15, -0.1) is 11.3 Å². The van der Waals surface area contributed by atoms with Gasteiger partial charge >= 0.3 is 0 Å². The number of carbonyl (C=O) groups is 1. The number of benzene rings is 2. The van der Waals surface area contributed by atoms with Crippen LogP contribution in [-0.4, -0.2) is 17.5 Å². The Bertz CT molecular complexity index is 899. The van der Waals surface area contributed by atoms with Crippen molar-refractivity contribution in [1.29, 1.82) is 0 Å². The summed E-state index contributed by atoms with van der Waals surface area (Å²) < 4.78 is 6.61. The molecule has 4 nitrogen and oxygen atoms in total. The number of carbonyl (C=O) groups excluding carboxylic acids is 1. The standard InChI is InChI=1S/C19H18N2O2S/c1-3-4-10-23-16-7-5-6-15(12-16)21-19(22)14-8-9-17-18(11-14)24-13(2)20-17/h3-9,11-12H,10H2,1-2H3,(H,21,22). The van der Waals surface area contributed by atoms with Gasteiger partial charge in [0, 0.05) is 17.3 Å². The Labute approximate surface area is 144 Å². The molecular weight excluding hydrogens is 320 g/mol. The van der Waals surface area contributed by atoms with E-state index in [0.29, 0.717) is 17.9 Å². The van der Waals surface area contributed by atoms with Crippen LogP contribution < -0.4 is 10.1 Å². The first-order valence-corrected chi connectivity index (χ1v) is 8.50. The number of fused-ring (bicyclic) bond motifs is 1. The van der Waals surface area contributed by atoms with Crippen LogP contribution in [-0.2, 0) is 0 Å². The number of allylic oxidation sites excluding steroid dienone is 1. The van der Waals surface area contributed by atoms with E-state index in [1.54, 1.807) is 17.4 Å². The minimum atomic E-state index is -0.145. The summed E-state index contributed by atoms with van der Waals surface area (Å²) in [6.45, 7) is 4.42. The number of hydrogen-bond acceptors (Lipinski definition) is 4. The van der Waals surface area contributed by atoms with E-state index in [1.165, 1.54) is 0 Å². The van der Waals surface area contributed by atoms with Crippen LogP contribution in [0.1, 0.15) is 22.3 Å². The van der Waals surface area contributed by atoms with Crippen molar-refractivity contribution >= 4 is 33.1 Å². The van der Waals surface area contributed by atoms with Gasteiger partial charge in [-0.3, -0.25) is 4.79 Å². The van der Waals surface area contributed by atoms with Crippen LogP contribution in [0.2, 0.25) is 0 Å². The van der Waals surface area contributed by atoms with Crippen LogP contribution in [0.15, 0.2) is 54.6 Å². The number of ether oxygens (including phenoxy) is 1. The minimum Gasteiger partial charge on any atom is -0.489 e. The van der Waals surface area contributed by atoms with Crippen molar-refractivity contribution in [3.8, 4) is 5.75 Å². The fraction of sp³-hybridized carbons (Fsp3) is 0.158. The van der Waals surface area contributed by atoms with Crippen LogP contribution in [0, 0.1) is 6.92 Å². The first kappa shape index (κ1) is 16.2. The fourth-order valence-electron chi connectivity index (χ4n) is 2.29. The molecule has 5 heteroatoms. The molecule has 24 heavy (non-hydrogen) atoms. The Hall–Kier alpha value is -2.66. The quantitative estimate of drug-likeness (QED) is 0.679. The molecule has 0 fully saturated rings. The van der Waals surface area contributed by atoms with Crippen molar-refractivity contribution in [2.75, 3.05) is 11.9 Å². The lowest BCUT2D eigenvalue weighted by molar-refractivity contribution is 0.102. The smallest absolute Gasteiger partial charge is 0.255 e. The van der Waals surface area contributed by atoms with Crippen LogP contribution >= 0.6 is 11.3 Å². The number of nitrogens with zero attached hydrogens (tertiary/aromatic N) is 1. The molecule has 1 aromatic heterocycles. The number of nitrogens with one attached hydrogen (secondary N) is 1. The molecular formula is C19H18N2O2S. The second-order valence-corrected chi connectivity index (χ2v) is 6.51. The summed E-state index contributed by atoms with van der Waals surface area (Å²) in [7, 11) is 0. The van der Waals surface area contributed by atoms with Gasteiger partial charge < -0.3 is 10.1 Å². The lowest BCUT2D eigenvalue weighted by atomic mass is 10.2. The van der Waals surface area contributed by atoms with Crippen LogP contribution in [0.25, 0.3) is 10.2 Å². The molecule has 1 N–H and O–H groups in total. The number of thiazole rings is 1. The van der Waals surface area contributed by atoms with Gasteiger partial charge in [-0.1, -0.05) is 18.2 Å². The van der Waals surface area contributed by atoms with Gasteiger partial charge in [0.1, 0.15) is 12.4 Å². The van der Waals surface area contributed by atoms with E-state index in [1.807, 2.05) is 62.4 Å². The third-order valence-electron chi connectivity index (χ3n) is 3.43. The third kappa shape index (κ3) is 3.81. The molecule has 0 saturated carbocycles. The summed E-state index contributed by atoms with van der Waals surface area (Å²) in [6, 6.07) is 12.9. The molecule has 3 rings (SSSR count). The van der Waals surface area contributed by atoms with Gasteiger partial charge in [0.05, 0.1) is 15.2 Å². The summed E-state index contributed by atoms with van der Waals surface area (Å²) in [4.78, 5) is 16.9. The second kappa shape index (κ2) is 7.27. The number of aromatic nitrogens is 1. The zero-order chi connectivity index (χ0) is 16.9. The maximum Gasteiger partial charge on any atom is 0.255 e. The summed E-state index contributed by atoms with van der Waals surface area (Å²) in [5.74, 6) is 0.577. The molecule has 3 aromatic rings.